The van der Waals surface area contributed by atoms with E-state index >= 15 is 0 Å². The van der Waals surface area contributed by atoms with E-state index in [0.29, 0.717) is 41.9 Å². The first-order chi connectivity index (χ1) is 13.5. The van der Waals surface area contributed by atoms with E-state index in [4.69, 9.17) is 27.9 Å². The summed E-state index contributed by atoms with van der Waals surface area (Å²) in [7, 11) is 0. The van der Waals surface area contributed by atoms with E-state index in [1.807, 2.05) is 6.07 Å². The molecule has 1 aromatic carbocycles. The molecule has 0 saturated carbocycles. The number of hydrogen-bond donors (Lipinski definition) is 1. The fraction of sp³-hybridized carbons (Fsp3) is 0.421. The van der Waals surface area contributed by atoms with Crippen LogP contribution in [0, 0.1) is 0 Å². The third-order valence-corrected chi connectivity index (χ3v) is 5.71. The van der Waals surface area contributed by atoms with E-state index in [2.05, 4.69) is 10.4 Å². The molecule has 2 aliphatic heterocycles. The van der Waals surface area contributed by atoms with Crippen LogP contribution >= 0.6 is 23.2 Å². The van der Waals surface area contributed by atoms with E-state index in [0.717, 1.165) is 25.0 Å². The zero-order chi connectivity index (χ0) is 19.7. The van der Waals surface area contributed by atoms with Crippen molar-refractivity contribution in [2.24, 2.45) is 0 Å². The lowest BCUT2D eigenvalue weighted by Gasteiger charge is -2.27. The molecule has 148 valence electrons. The summed E-state index contributed by atoms with van der Waals surface area (Å²) in [5.41, 5.74) is 1.55. The van der Waals surface area contributed by atoms with Gasteiger partial charge in [0.15, 0.2) is 5.69 Å². The topological polar surface area (TPSA) is 76.5 Å². The molecule has 1 atom stereocenters. The number of fused-ring (bicyclic) bond motifs is 1. The molecule has 0 aliphatic carbocycles. The lowest BCUT2D eigenvalue weighted by atomic mass is 10.2. The summed E-state index contributed by atoms with van der Waals surface area (Å²) in [6.07, 6.45) is 2.02. The number of rotatable bonds is 5. The fourth-order valence-corrected chi connectivity index (χ4v) is 3.78. The molecule has 1 N–H and O–H groups in total. The van der Waals surface area contributed by atoms with Gasteiger partial charge in [-0.05, 0) is 30.5 Å². The van der Waals surface area contributed by atoms with Gasteiger partial charge in [-0.3, -0.25) is 14.3 Å². The summed E-state index contributed by atoms with van der Waals surface area (Å²) >= 11 is 12.0. The van der Waals surface area contributed by atoms with Crippen LogP contribution < -0.4 is 5.32 Å². The van der Waals surface area contributed by atoms with Crippen LogP contribution in [0.5, 0.6) is 0 Å². The predicted molar refractivity (Wildman–Crippen MR) is 105 cm³/mol. The molecule has 4 rings (SSSR count). The van der Waals surface area contributed by atoms with Crippen molar-refractivity contribution in [1.29, 1.82) is 0 Å². The van der Waals surface area contributed by atoms with Gasteiger partial charge >= 0.3 is 0 Å². The predicted octanol–water partition coefficient (Wildman–Crippen LogP) is 2.75. The standard InChI is InChI=1S/C19H20Cl2N4O3/c20-14-4-3-12(8-15(14)21)11-24-5-6-25-17(19(24)27)9-16(23-25)18(26)22-10-13-2-1-7-28-13/h3-4,8-9,13H,1-2,5-7,10-11H2,(H,22,26). The lowest BCUT2D eigenvalue weighted by molar-refractivity contribution is 0.0683. The summed E-state index contributed by atoms with van der Waals surface area (Å²) in [5, 5.41) is 8.06. The minimum absolute atomic E-state index is 0.0597. The van der Waals surface area contributed by atoms with Crippen molar-refractivity contribution in [3.63, 3.8) is 0 Å². The molecule has 9 heteroatoms. The van der Waals surface area contributed by atoms with Crippen molar-refractivity contribution >= 4 is 35.0 Å². The van der Waals surface area contributed by atoms with E-state index in [1.54, 1.807) is 27.8 Å². The van der Waals surface area contributed by atoms with Gasteiger partial charge in [-0.2, -0.15) is 5.10 Å². The minimum atomic E-state index is -0.291. The number of carbonyl (C=O) groups is 2. The summed E-state index contributed by atoms with van der Waals surface area (Å²) in [6.45, 7) is 2.65. The highest BCUT2D eigenvalue weighted by Gasteiger charge is 2.28. The summed E-state index contributed by atoms with van der Waals surface area (Å²) in [6, 6.07) is 6.87. The van der Waals surface area contributed by atoms with Crippen LogP contribution in [-0.2, 0) is 17.8 Å². The Kier molecular flexibility index (Phi) is 5.57. The second-order valence-corrected chi connectivity index (χ2v) is 7.77. The highest BCUT2D eigenvalue weighted by Crippen LogP contribution is 2.24. The summed E-state index contributed by atoms with van der Waals surface area (Å²) < 4.78 is 7.10. The average Bonchev–Trinajstić information content (AvgIpc) is 3.35. The first-order valence-electron chi connectivity index (χ1n) is 9.22. The molecule has 7 nitrogen and oxygen atoms in total. The highest BCUT2D eigenvalue weighted by atomic mass is 35.5. The number of halogens is 2. The second kappa shape index (κ2) is 8.11. The number of aromatic nitrogens is 2. The van der Waals surface area contributed by atoms with Gasteiger partial charge in [0.25, 0.3) is 11.8 Å². The Morgan fingerprint density at radius 3 is 2.86 bits per heavy atom. The van der Waals surface area contributed by atoms with Crippen LogP contribution in [0.25, 0.3) is 0 Å². The normalized spacial score (nSPS) is 19.0. The third-order valence-electron chi connectivity index (χ3n) is 4.97. The number of benzene rings is 1. The zero-order valence-corrected chi connectivity index (χ0v) is 16.7. The van der Waals surface area contributed by atoms with Crippen molar-refractivity contribution in [2.45, 2.75) is 32.0 Å². The van der Waals surface area contributed by atoms with Crippen LogP contribution in [0.3, 0.4) is 0 Å². The molecule has 0 spiro atoms. The van der Waals surface area contributed by atoms with Crippen molar-refractivity contribution < 1.29 is 14.3 Å². The third kappa shape index (κ3) is 4.01. The van der Waals surface area contributed by atoms with Crippen molar-refractivity contribution in [1.82, 2.24) is 20.0 Å². The van der Waals surface area contributed by atoms with Gasteiger partial charge in [0.1, 0.15) is 5.69 Å². The minimum Gasteiger partial charge on any atom is -0.376 e. The maximum atomic E-state index is 12.8. The SMILES string of the molecule is O=C(NCC1CCCO1)c1cc2n(n1)CCN(Cc1ccc(Cl)c(Cl)c1)C2=O. The second-order valence-electron chi connectivity index (χ2n) is 6.96. The summed E-state index contributed by atoms with van der Waals surface area (Å²) in [4.78, 5) is 26.9. The molecular weight excluding hydrogens is 403 g/mol. The molecule has 1 aromatic heterocycles. The van der Waals surface area contributed by atoms with Crippen LogP contribution in [0.15, 0.2) is 24.3 Å². The quantitative estimate of drug-likeness (QED) is 0.803. The van der Waals surface area contributed by atoms with Gasteiger partial charge in [-0.25, -0.2) is 0 Å². The molecule has 2 aromatic rings. The Morgan fingerprint density at radius 2 is 2.11 bits per heavy atom. The van der Waals surface area contributed by atoms with Gasteiger partial charge in [0.2, 0.25) is 0 Å². The number of carbonyl (C=O) groups excluding carboxylic acids is 2. The molecule has 1 saturated heterocycles. The number of ether oxygens (including phenoxy) is 1. The maximum Gasteiger partial charge on any atom is 0.272 e. The molecular formula is C19H20Cl2N4O3. The number of amides is 2. The Bertz CT molecular complexity index is 909. The number of hydrogen-bond acceptors (Lipinski definition) is 4. The van der Waals surface area contributed by atoms with Crippen LogP contribution in [0.4, 0.5) is 0 Å². The largest absolute Gasteiger partial charge is 0.376 e. The molecule has 2 amide bonds. The van der Waals surface area contributed by atoms with Crippen LogP contribution in [0.1, 0.15) is 39.4 Å². The monoisotopic (exact) mass is 422 g/mol. The summed E-state index contributed by atoms with van der Waals surface area (Å²) in [5.74, 6) is -0.454. The van der Waals surface area contributed by atoms with Gasteiger partial charge in [0.05, 0.1) is 22.7 Å². The van der Waals surface area contributed by atoms with E-state index in [-0.39, 0.29) is 23.6 Å². The first kappa shape index (κ1) is 19.2. The van der Waals surface area contributed by atoms with Gasteiger partial charge in [-0.1, -0.05) is 29.3 Å². The van der Waals surface area contributed by atoms with Gasteiger partial charge in [0, 0.05) is 32.3 Å². The lowest BCUT2D eigenvalue weighted by Crippen LogP contribution is -2.39. The van der Waals surface area contributed by atoms with Gasteiger partial charge < -0.3 is 15.0 Å². The maximum absolute atomic E-state index is 12.8. The van der Waals surface area contributed by atoms with Crippen LogP contribution in [-0.4, -0.2) is 52.3 Å². The van der Waals surface area contributed by atoms with Gasteiger partial charge in [-0.15, -0.1) is 0 Å². The first-order valence-corrected chi connectivity index (χ1v) is 9.98. The molecule has 0 radical (unpaired) electrons. The number of nitrogens with zero attached hydrogens (tertiary/aromatic N) is 3. The van der Waals surface area contributed by atoms with E-state index < -0.39 is 0 Å². The van der Waals surface area contributed by atoms with Crippen molar-refractivity contribution in [2.75, 3.05) is 19.7 Å². The van der Waals surface area contributed by atoms with Crippen molar-refractivity contribution in [3.8, 4) is 0 Å². The highest BCUT2D eigenvalue weighted by molar-refractivity contribution is 6.42. The van der Waals surface area contributed by atoms with E-state index in [9.17, 15) is 9.59 Å². The Balaban J connectivity index is 1.42. The zero-order valence-electron chi connectivity index (χ0n) is 15.2. The molecule has 0 bridgehead atoms. The number of nitrogens with one attached hydrogen (secondary N) is 1. The molecule has 1 fully saturated rings. The average molecular weight is 423 g/mol. The molecule has 28 heavy (non-hydrogen) atoms. The Morgan fingerprint density at radius 1 is 1.25 bits per heavy atom. The Hall–Kier alpha value is -2.09. The molecule has 1 unspecified atom stereocenters. The van der Waals surface area contributed by atoms with Crippen LogP contribution in [0.2, 0.25) is 10.0 Å². The Labute approximate surface area is 172 Å². The fourth-order valence-electron chi connectivity index (χ4n) is 3.46. The molecule has 2 aliphatic rings. The smallest absolute Gasteiger partial charge is 0.272 e. The molecule has 3 heterocycles. The van der Waals surface area contributed by atoms with E-state index in [1.165, 1.54) is 0 Å². The van der Waals surface area contributed by atoms with Crippen molar-refractivity contribution in [3.05, 3.63) is 51.3 Å².